The number of carbonyl (C=O) groups is 2. The highest BCUT2D eigenvalue weighted by Crippen LogP contribution is 2.33. The molecule has 1 unspecified atom stereocenters. The molecule has 2 heterocycles. The molecular weight excluding hydrogens is 284 g/mol. The third-order valence-electron chi connectivity index (χ3n) is 3.50. The average molecular weight is 300 g/mol. The number of ether oxygens (including phenoxy) is 1. The van der Waals surface area contributed by atoms with Gasteiger partial charge in [0.15, 0.2) is 0 Å². The van der Waals surface area contributed by atoms with Gasteiger partial charge in [0.05, 0.1) is 12.2 Å². The van der Waals surface area contributed by atoms with Crippen LogP contribution in [0, 0.1) is 0 Å². The molecule has 22 heavy (non-hydrogen) atoms. The smallest absolute Gasteiger partial charge is 0.278 e. The number of hydrogen-bond acceptors (Lipinski definition) is 4. The number of hydrogen-bond donors (Lipinski definition) is 2. The van der Waals surface area contributed by atoms with Crippen LogP contribution in [0.25, 0.3) is 0 Å². The first-order valence-corrected chi connectivity index (χ1v) is 6.95. The zero-order valence-electron chi connectivity index (χ0n) is 12.1. The SMILES string of the molecule is CC1(C(=O)NCCn2cccn2)Oc2ccccc2NC1=O. The number of nitrogens with zero attached hydrogens (tertiary/aromatic N) is 2. The fraction of sp³-hybridized carbons (Fsp3) is 0.267. The van der Waals surface area contributed by atoms with Crippen LogP contribution in [0.15, 0.2) is 42.7 Å². The van der Waals surface area contributed by atoms with E-state index in [9.17, 15) is 9.59 Å². The van der Waals surface area contributed by atoms with Crippen molar-refractivity contribution in [2.45, 2.75) is 19.1 Å². The van der Waals surface area contributed by atoms with E-state index in [1.807, 2.05) is 0 Å². The molecule has 7 heteroatoms. The minimum absolute atomic E-state index is 0.356. The maximum absolute atomic E-state index is 12.3. The molecule has 1 aromatic heterocycles. The normalized spacial score (nSPS) is 19.8. The van der Waals surface area contributed by atoms with E-state index in [1.54, 1.807) is 47.4 Å². The molecule has 7 nitrogen and oxygen atoms in total. The van der Waals surface area contributed by atoms with Gasteiger partial charge in [-0.25, -0.2) is 0 Å². The molecule has 1 aliphatic rings. The van der Waals surface area contributed by atoms with Crippen molar-refractivity contribution >= 4 is 17.5 Å². The van der Waals surface area contributed by atoms with E-state index in [0.717, 1.165) is 0 Å². The van der Waals surface area contributed by atoms with Crippen molar-refractivity contribution in [3.63, 3.8) is 0 Å². The summed E-state index contributed by atoms with van der Waals surface area (Å²) >= 11 is 0. The Hall–Kier alpha value is -2.83. The van der Waals surface area contributed by atoms with E-state index in [4.69, 9.17) is 4.74 Å². The van der Waals surface area contributed by atoms with E-state index >= 15 is 0 Å². The second kappa shape index (κ2) is 5.51. The van der Waals surface area contributed by atoms with Gasteiger partial charge in [-0.3, -0.25) is 14.3 Å². The molecule has 2 N–H and O–H groups in total. The Morgan fingerprint density at radius 2 is 2.23 bits per heavy atom. The monoisotopic (exact) mass is 300 g/mol. The molecule has 0 saturated heterocycles. The molecule has 1 atom stereocenters. The van der Waals surface area contributed by atoms with Gasteiger partial charge < -0.3 is 15.4 Å². The van der Waals surface area contributed by atoms with Crippen LogP contribution in [-0.2, 0) is 16.1 Å². The van der Waals surface area contributed by atoms with Crippen LogP contribution in [0.1, 0.15) is 6.92 Å². The Labute approximate surface area is 127 Å². The van der Waals surface area contributed by atoms with Crippen LogP contribution in [0.2, 0.25) is 0 Å². The Morgan fingerprint density at radius 1 is 1.41 bits per heavy atom. The number of amides is 2. The van der Waals surface area contributed by atoms with Crippen LogP contribution >= 0.6 is 0 Å². The van der Waals surface area contributed by atoms with Gasteiger partial charge in [0.1, 0.15) is 5.75 Å². The van der Waals surface area contributed by atoms with Crippen LogP contribution < -0.4 is 15.4 Å². The molecule has 0 saturated carbocycles. The molecule has 114 valence electrons. The van der Waals surface area contributed by atoms with E-state index < -0.39 is 17.4 Å². The van der Waals surface area contributed by atoms with Crippen LogP contribution in [0.4, 0.5) is 5.69 Å². The number of anilines is 1. The minimum atomic E-state index is -1.58. The summed E-state index contributed by atoms with van der Waals surface area (Å²) in [5.74, 6) is -0.485. The van der Waals surface area contributed by atoms with Crippen molar-refractivity contribution in [2.24, 2.45) is 0 Å². The Kier molecular flexibility index (Phi) is 3.54. The van der Waals surface area contributed by atoms with Crippen molar-refractivity contribution in [3.05, 3.63) is 42.7 Å². The summed E-state index contributed by atoms with van der Waals surface area (Å²) in [4.78, 5) is 24.5. The first-order chi connectivity index (χ1) is 10.6. The third-order valence-corrected chi connectivity index (χ3v) is 3.50. The molecule has 1 aromatic carbocycles. The van der Waals surface area contributed by atoms with Crippen LogP contribution in [-0.4, -0.2) is 33.7 Å². The molecule has 2 aromatic rings. The molecule has 0 bridgehead atoms. The zero-order valence-corrected chi connectivity index (χ0v) is 12.1. The lowest BCUT2D eigenvalue weighted by Crippen LogP contribution is -2.59. The van der Waals surface area contributed by atoms with Gasteiger partial charge >= 0.3 is 0 Å². The number of nitrogens with one attached hydrogen (secondary N) is 2. The van der Waals surface area contributed by atoms with Crippen molar-refractivity contribution in [3.8, 4) is 5.75 Å². The van der Waals surface area contributed by atoms with Gasteiger partial charge in [-0.15, -0.1) is 0 Å². The molecular formula is C15H16N4O3. The number of benzene rings is 1. The molecule has 0 fully saturated rings. The summed E-state index contributed by atoms with van der Waals surface area (Å²) in [5, 5.41) is 9.44. The number of para-hydroxylation sites is 2. The lowest BCUT2D eigenvalue weighted by atomic mass is 10.0. The predicted octanol–water partition coefficient (Wildman–Crippen LogP) is 0.789. The van der Waals surface area contributed by atoms with Gasteiger partial charge in [0.25, 0.3) is 17.4 Å². The standard InChI is InChI=1S/C15H16N4O3/c1-15(13(20)16-8-10-19-9-4-7-17-19)14(21)18-11-5-2-3-6-12(11)22-15/h2-7,9H,8,10H2,1H3,(H,16,20)(H,18,21). The minimum Gasteiger partial charge on any atom is -0.466 e. The lowest BCUT2D eigenvalue weighted by molar-refractivity contribution is -0.146. The summed E-state index contributed by atoms with van der Waals surface area (Å²) in [6, 6.07) is 8.81. The molecule has 0 spiro atoms. The summed E-state index contributed by atoms with van der Waals surface area (Å²) in [7, 11) is 0. The third kappa shape index (κ3) is 2.52. The number of aromatic nitrogens is 2. The van der Waals surface area contributed by atoms with E-state index in [0.29, 0.717) is 24.5 Å². The summed E-state index contributed by atoms with van der Waals surface area (Å²) in [6.07, 6.45) is 3.46. The van der Waals surface area contributed by atoms with Crippen LogP contribution in [0.5, 0.6) is 5.75 Å². The lowest BCUT2D eigenvalue weighted by Gasteiger charge is -2.33. The predicted molar refractivity (Wildman–Crippen MR) is 79.3 cm³/mol. The molecule has 0 radical (unpaired) electrons. The molecule has 0 aliphatic carbocycles. The molecule has 3 rings (SSSR count). The van der Waals surface area contributed by atoms with E-state index in [-0.39, 0.29) is 0 Å². The van der Waals surface area contributed by atoms with Gasteiger partial charge in [-0.05, 0) is 25.1 Å². The highest BCUT2D eigenvalue weighted by molar-refractivity contribution is 6.15. The second-order valence-electron chi connectivity index (χ2n) is 5.11. The number of carbonyl (C=O) groups excluding carboxylic acids is 2. The maximum atomic E-state index is 12.3. The maximum Gasteiger partial charge on any atom is 0.278 e. The first-order valence-electron chi connectivity index (χ1n) is 6.95. The number of rotatable bonds is 4. The van der Waals surface area contributed by atoms with E-state index in [1.165, 1.54) is 6.92 Å². The van der Waals surface area contributed by atoms with Crippen molar-refractivity contribution in [2.75, 3.05) is 11.9 Å². The highest BCUT2D eigenvalue weighted by atomic mass is 16.5. The first kappa shape index (κ1) is 14.1. The highest BCUT2D eigenvalue weighted by Gasteiger charge is 2.46. The summed E-state index contributed by atoms with van der Waals surface area (Å²) < 4.78 is 7.33. The van der Waals surface area contributed by atoms with Crippen molar-refractivity contribution in [1.82, 2.24) is 15.1 Å². The number of fused-ring (bicyclic) bond motifs is 1. The van der Waals surface area contributed by atoms with Gasteiger partial charge in [-0.2, -0.15) is 5.10 Å². The van der Waals surface area contributed by atoms with Gasteiger partial charge in [-0.1, -0.05) is 12.1 Å². The Bertz CT molecular complexity index is 699. The fourth-order valence-corrected chi connectivity index (χ4v) is 2.20. The van der Waals surface area contributed by atoms with Gasteiger partial charge in [0, 0.05) is 18.9 Å². The summed E-state index contributed by atoms with van der Waals surface area (Å²) in [5.41, 5.74) is -1.02. The van der Waals surface area contributed by atoms with Crippen molar-refractivity contribution in [1.29, 1.82) is 0 Å². The largest absolute Gasteiger partial charge is 0.466 e. The van der Waals surface area contributed by atoms with E-state index in [2.05, 4.69) is 15.7 Å². The van der Waals surface area contributed by atoms with Gasteiger partial charge in [0.2, 0.25) is 0 Å². The average Bonchev–Trinajstić information content (AvgIpc) is 3.01. The Morgan fingerprint density at radius 3 is 3.00 bits per heavy atom. The zero-order chi connectivity index (χ0) is 15.6. The second-order valence-corrected chi connectivity index (χ2v) is 5.11. The topological polar surface area (TPSA) is 85.2 Å². The summed E-state index contributed by atoms with van der Waals surface area (Å²) in [6.45, 7) is 2.34. The van der Waals surface area contributed by atoms with Crippen LogP contribution in [0.3, 0.4) is 0 Å². The molecule has 1 aliphatic heterocycles. The van der Waals surface area contributed by atoms with Crippen molar-refractivity contribution < 1.29 is 14.3 Å². The fourth-order valence-electron chi connectivity index (χ4n) is 2.20. The Balaban J connectivity index is 1.67. The quantitative estimate of drug-likeness (QED) is 0.818. The molecule has 2 amide bonds.